The minimum atomic E-state index is 0.248. The largest absolute Gasteiger partial charge is 0.474 e. The number of halogens is 1. The van der Waals surface area contributed by atoms with Crippen molar-refractivity contribution in [1.29, 1.82) is 0 Å². The molecule has 3 rings (SSSR count). The monoisotopic (exact) mass is 369 g/mol. The molecule has 0 amide bonds. The molecule has 0 bridgehead atoms. The van der Waals surface area contributed by atoms with Crippen molar-refractivity contribution in [1.82, 2.24) is 4.98 Å². The van der Waals surface area contributed by atoms with E-state index in [2.05, 4.69) is 9.98 Å². The van der Waals surface area contributed by atoms with Crippen molar-refractivity contribution in [3.8, 4) is 5.88 Å². The number of amidine groups is 1. The first kappa shape index (κ1) is 18.6. The summed E-state index contributed by atoms with van der Waals surface area (Å²) >= 11 is 6.10. The van der Waals surface area contributed by atoms with E-state index < -0.39 is 0 Å². The van der Waals surface area contributed by atoms with Gasteiger partial charge in [0.25, 0.3) is 0 Å². The van der Waals surface area contributed by atoms with Crippen LogP contribution in [0.1, 0.15) is 50.2 Å². The van der Waals surface area contributed by atoms with Gasteiger partial charge in [-0.05, 0) is 56.9 Å². The van der Waals surface area contributed by atoms with Gasteiger partial charge in [-0.25, -0.2) is 9.98 Å². The second-order valence-electron chi connectivity index (χ2n) is 6.49. The Morgan fingerprint density at radius 3 is 2.69 bits per heavy atom. The number of pyridine rings is 1. The van der Waals surface area contributed by atoms with Crippen molar-refractivity contribution in [2.24, 2.45) is 9.98 Å². The van der Waals surface area contributed by atoms with Crippen molar-refractivity contribution in [2.75, 3.05) is 7.05 Å². The summed E-state index contributed by atoms with van der Waals surface area (Å²) < 4.78 is 6.19. The molecule has 0 aliphatic heterocycles. The van der Waals surface area contributed by atoms with Crippen LogP contribution in [0.15, 0.2) is 52.6 Å². The van der Waals surface area contributed by atoms with Crippen LogP contribution < -0.4 is 4.74 Å². The molecule has 1 saturated carbocycles. The Balaban J connectivity index is 1.86. The number of aliphatic imine (C=N–C) groups is 2. The summed E-state index contributed by atoms with van der Waals surface area (Å²) in [7, 11) is 1.73. The smallest absolute Gasteiger partial charge is 0.222 e. The number of hydrogen-bond acceptors (Lipinski definition) is 3. The average molecular weight is 370 g/mol. The van der Waals surface area contributed by atoms with E-state index in [0.717, 1.165) is 29.7 Å². The molecule has 136 valence electrons. The maximum Gasteiger partial charge on any atom is 0.222 e. The zero-order chi connectivity index (χ0) is 18.4. The van der Waals surface area contributed by atoms with Gasteiger partial charge in [0.15, 0.2) is 5.84 Å². The SMILES string of the molecule is CN=C(N=C(C)c1cccnc1OC1CCCCC1)c1cccc(Cl)c1. The van der Waals surface area contributed by atoms with E-state index in [1.807, 2.05) is 43.3 Å². The van der Waals surface area contributed by atoms with Gasteiger partial charge in [0.05, 0.1) is 11.3 Å². The van der Waals surface area contributed by atoms with E-state index >= 15 is 0 Å². The Bertz CT molecular complexity index is 810. The molecule has 1 aliphatic rings. The molecule has 1 fully saturated rings. The van der Waals surface area contributed by atoms with Gasteiger partial charge in [-0.15, -0.1) is 0 Å². The van der Waals surface area contributed by atoms with Gasteiger partial charge in [0.2, 0.25) is 5.88 Å². The molecule has 0 N–H and O–H groups in total. The quantitative estimate of drug-likeness (QED) is 0.540. The molecule has 1 aromatic carbocycles. The van der Waals surface area contributed by atoms with Crippen LogP contribution in [0.25, 0.3) is 0 Å². The molecular formula is C21H24ClN3O. The fraction of sp³-hybridized carbons (Fsp3) is 0.381. The number of nitrogens with zero attached hydrogens (tertiary/aromatic N) is 3. The second-order valence-corrected chi connectivity index (χ2v) is 6.93. The summed E-state index contributed by atoms with van der Waals surface area (Å²) in [5.74, 6) is 1.29. The number of hydrogen-bond donors (Lipinski definition) is 0. The molecule has 0 unspecified atom stereocenters. The lowest BCUT2D eigenvalue weighted by Gasteiger charge is -2.23. The fourth-order valence-electron chi connectivity index (χ4n) is 3.19. The van der Waals surface area contributed by atoms with Crippen LogP contribution in [0.4, 0.5) is 0 Å². The molecule has 1 aromatic heterocycles. The number of aromatic nitrogens is 1. The molecule has 2 aromatic rings. The Labute approximate surface area is 160 Å². The van der Waals surface area contributed by atoms with Crippen LogP contribution >= 0.6 is 11.6 Å². The highest BCUT2D eigenvalue weighted by Gasteiger charge is 2.18. The summed E-state index contributed by atoms with van der Waals surface area (Å²) in [6, 6.07) is 11.5. The molecule has 26 heavy (non-hydrogen) atoms. The number of ether oxygens (including phenoxy) is 1. The maximum atomic E-state index is 6.19. The van der Waals surface area contributed by atoms with Gasteiger partial charge in [-0.3, -0.25) is 4.99 Å². The lowest BCUT2D eigenvalue weighted by Crippen LogP contribution is -2.21. The third kappa shape index (κ3) is 4.70. The molecule has 0 radical (unpaired) electrons. The highest BCUT2D eigenvalue weighted by Crippen LogP contribution is 2.25. The summed E-state index contributed by atoms with van der Waals surface area (Å²) in [4.78, 5) is 13.5. The first-order valence-electron chi connectivity index (χ1n) is 9.07. The van der Waals surface area contributed by atoms with Crippen molar-refractivity contribution in [3.63, 3.8) is 0 Å². The zero-order valence-corrected chi connectivity index (χ0v) is 16.0. The summed E-state index contributed by atoms with van der Waals surface area (Å²) in [6.45, 7) is 1.96. The van der Waals surface area contributed by atoms with Gasteiger partial charge >= 0.3 is 0 Å². The van der Waals surface area contributed by atoms with Gasteiger partial charge < -0.3 is 4.74 Å². The normalized spacial score (nSPS) is 16.6. The average Bonchev–Trinajstić information content (AvgIpc) is 2.67. The molecular weight excluding hydrogens is 346 g/mol. The maximum absolute atomic E-state index is 6.19. The molecule has 0 saturated heterocycles. The summed E-state index contributed by atoms with van der Waals surface area (Å²) in [5.41, 5.74) is 2.61. The van der Waals surface area contributed by atoms with E-state index in [1.54, 1.807) is 13.2 Å². The van der Waals surface area contributed by atoms with Crippen LogP contribution in [-0.4, -0.2) is 29.7 Å². The molecule has 0 atom stereocenters. The minimum Gasteiger partial charge on any atom is -0.474 e. The predicted octanol–water partition coefficient (Wildman–Crippen LogP) is 5.33. The van der Waals surface area contributed by atoms with Crippen molar-refractivity contribution in [2.45, 2.75) is 45.1 Å². The van der Waals surface area contributed by atoms with Crippen LogP contribution in [0.3, 0.4) is 0 Å². The zero-order valence-electron chi connectivity index (χ0n) is 15.3. The van der Waals surface area contributed by atoms with E-state index in [9.17, 15) is 0 Å². The predicted molar refractivity (Wildman–Crippen MR) is 108 cm³/mol. The van der Waals surface area contributed by atoms with Gasteiger partial charge in [-0.2, -0.15) is 0 Å². The van der Waals surface area contributed by atoms with Crippen LogP contribution in [-0.2, 0) is 0 Å². The number of benzene rings is 1. The standard InChI is InChI=1S/C21H24ClN3O/c1-15(25-20(23-2)16-8-6-9-17(22)14-16)19-12-7-13-24-21(19)26-18-10-4-3-5-11-18/h6-9,12-14,18H,3-5,10-11H2,1-2H3. The van der Waals surface area contributed by atoms with E-state index in [-0.39, 0.29) is 6.10 Å². The Morgan fingerprint density at radius 2 is 1.96 bits per heavy atom. The van der Waals surface area contributed by atoms with E-state index in [0.29, 0.717) is 16.7 Å². The molecule has 4 nitrogen and oxygen atoms in total. The molecule has 0 spiro atoms. The fourth-order valence-corrected chi connectivity index (χ4v) is 3.38. The van der Waals surface area contributed by atoms with E-state index in [1.165, 1.54) is 19.3 Å². The lowest BCUT2D eigenvalue weighted by molar-refractivity contribution is 0.148. The Hall–Kier alpha value is -2.20. The van der Waals surface area contributed by atoms with Crippen LogP contribution in [0.2, 0.25) is 5.02 Å². The first-order chi connectivity index (χ1) is 12.7. The van der Waals surface area contributed by atoms with Gasteiger partial charge in [0.1, 0.15) is 6.10 Å². The molecule has 1 aliphatic carbocycles. The van der Waals surface area contributed by atoms with E-state index in [4.69, 9.17) is 21.3 Å². The van der Waals surface area contributed by atoms with Gasteiger partial charge in [0, 0.05) is 23.8 Å². The molecule has 1 heterocycles. The Morgan fingerprint density at radius 1 is 1.15 bits per heavy atom. The molecule has 5 heteroatoms. The highest BCUT2D eigenvalue weighted by molar-refractivity contribution is 6.31. The third-order valence-electron chi connectivity index (χ3n) is 4.56. The van der Waals surface area contributed by atoms with Crippen molar-refractivity contribution >= 4 is 23.1 Å². The van der Waals surface area contributed by atoms with Crippen molar-refractivity contribution in [3.05, 3.63) is 58.7 Å². The van der Waals surface area contributed by atoms with Gasteiger partial charge in [-0.1, -0.05) is 30.2 Å². The Kier molecular flexibility index (Phi) is 6.40. The van der Waals surface area contributed by atoms with Crippen LogP contribution in [0, 0.1) is 0 Å². The topological polar surface area (TPSA) is 46.8 Å². The minimum absolute atomic E-state index is 0.248. The first-order valence-corrected chi connectivity index (χ1v) is 9.45. The van der Waals surface area contributed by atoms with Crippen LogP contribution in [0.5, 0.6) is 5.88 Å². The van der Waals surface area contributed by atoms with Crippen molar-refractivity contribution < 1.29 is 4.74 Å². The lowest BCUT2D eigenvalue weighted by atomic mass is 9.98. The summed E-state index contributed by atoms with van der Waals surface area (Å²) in [5, 5.41) is 0.666. The third-order valence-corrected chi connectivity index (χ3v) is 4.79. The summed E-state index contributed by atoms with van der Waals surface area (Å²) in [6.07, 6.45) is 7.94. The second kappa shape index (κ2) is 8.95. The highest BCUT2D eigenvalue weighted by atomic mass is 35.5. The number of rotatable bonds is 4.